The topological polar surface area (TPSA) is 43.6 Å². The number of rotatable bonds is 2. The fourth-order valence-corrected chi connectivity index (χ4v) is 1.86. The van der Waals surface area contributed by atoms with E-state index < -0.39 is 0 Å². The fourth-order valence-electron chi connectivity index (χ4n) is 1.27. The molecule has 2 aromatic rings. The molecular formula is C9H9ClN4S. The van der Waals surface area contributed by atoms with E-state index in [1.807, 2.05) is 31.4 Å². The van der Waals surface area contributed by atoms with Crippen molar-refractivity contribution in [1.82, 2.24) is 20.2 Å². The summed E-state index contributed by atoms with van der Waals surface area (Å²) in [5, 5.41) is 12.9. The van der Waals surface area contributed by atoms with Gasteiger partial charge in [0.25, 0.3) is 0 Å². The molecule has 4 nitrogen and oxygen atoms in total. The molecule has 0 saturated carbocycles. The maximum atomic E-state index is 5.94. The summed E-state index contributed by atoms with van der Waals surface area (Å²) in [4.78, 5) is 0. The predicted molar refractivity (Wildman–Crippen MR) is 60.7 cm³/mol. The first kappa shape index (κ1) is 10.4. The Labute approximate surface area is 96.6 Å². The SMILES string of the molecule is CSc1nnnn1-c1cc(Cl)ccc1C. The minimum absolute atomic E-state index is 0.679. The van der Waals surface area contributed by atoms with Gasteiger partial charge >= 0.3 is 0 Å². The van der Waals surface area contributed by atoms with Gasteiger partial charge in [-0.2, -0.15) is 4.68 Å². The second kappa shape index (κ2) is 4.20. The van der Waals surface area contributed by atoms with Gasteiger partial charge in [0.2, 0.25) is 5.16 Å². The first-order valence-electron chi connectivity index (χ1n) is 4.31. The molecule has 1 aromatic carbocycles. The number of nitrogens with zero attached hydrogens (tertiary/aromatic N) is 4. The molecule has 1 heterocycles. The van der Waals surface area contributed by atoms with Crippen LogP contribution in [0.5, 0.6) is 0 Å². The number of hydrogen-bond donors (Lipinski definition) is 0. The van der Waals surface area contributed by atoms with Gasteiger partial charge in [-0.15, -0.1) is 5.10 Å². The molecule has 0 saturated heterocycles. The summed E-state index contributed by atoms with van der Waals surface area (Å²) >= 11 is 7.44. The smallest absolute Gasteiger partial charge is 0.187 e. The van der Waals surface area contributed by atoms with Crippen molar-refractivity contribution in [2.24, 2.45) is 0 Å². The molecule has 0 aliphatic heterocycles. The monoisotopic (exact) mass is 240 g/mol. The van der Waals surface area contributed by atoms with Crippen LogP contribution < -0.4 is 0 Å². The molecule has 0 fully saturated rings. The Morgan fingerprint density at radius 3 is 2.93 bits per heavy atom. The number of aromatic nitrogens is 4. The number of aryl methyl sites for hydroxylation is 1. The summed E-state index contributed by atoms with van der Waals surface area (Å²) in [6.45, 7) is 2.00. The van der Waals surface area contributed by atoms with Crippen molar-refractivity contribution in [3.63, 3.8) is 0 Å². The van der Waals surface area contributed by atoms with E-state index >= 15 is 0 Å². The Morgan fingerprint density at radius 2 is 2.20 bits per heavy atom. The third kappa shape index (κ3) is 1.98. The van der Waals surface area contributed by atoms with Gasteiger partial charge in [-0.25, -0.2) is 0 Å². The van der Waals surface area contributed by atoms with E-state index in [4.69, 9.17) is 11.6 Å². The zero-order valence-corrected chi connectivity index (χ0v) is 9.88. The number of thioether (sulfide) groups is 1. The zero-order chi connectivity index (χ0) is 10.8. The van der Waals surface area contributed by atoms with Gasteiger partial charge in [0.05, 0.1) is 5.69 Å². The maximum Gasteiger partial charge on any atom is 0.213 e. The van der Waals surface area contributed by atoms with Crippen molar-refractivity contribution >= 4 is 23.4 Å². The summed E-state index contributed by atoms with van der Waals surface area (Å²) in [5.74, 6) is 0. The average Bonchev–Trinajstić information content (AvgIpc) is 2.69. The molecule has 0 spiro atoms. The first-order chi connectivity index (χ1) is 7.22. The highest BCUT2D eigenvalue weighted by atomic mass is 35.5. The van der Waals surface area contributed by atoms with Crippen LogP contribution >= 0.6 is 23.4 Å². The standard InChI is InChI=1S/C9H9ClN4S/c1-6-3-4-7(10)5-8(6)14-9(15-2)11-12-13-14/h3-5H,1-2H3. The zero-order valence-electron chi connectivity index (χ0n) is 8.31. The third-order valence-electron chi connectivity index (χ3n) is 2.02. The number of hydrogen-bond acceptors (Lipinski definition) is 4. The van der Waals surface area contributed by atoms with Crippen molar-refractivity contribution in [3.8, 4) is 5.69 Å². The summed E-state index contributed by atoms with van der Waals surface area (Å²) < 4.78 is 1.69. The van der Waals surface area contributed by atoms with Crippen LogP contribution in [0.3, 0.4) is 0 Å². The minimum atomic E-state index is 0.679. The predicted octanol–water partition coefficient (Wildman–Crippen LogP) is 2.35. The Balaban J connectivity index is 2.58. The van der Waals surface area contributed by atoms with Crippen LogP contribution in [0.15, 0.2) is 23.4 Å². The van der Waals surface area contributed by atoms with E-state index in [9.17, 15) is 0 Å². The van der Waals surface area contributed by atoms with Crippen LogP contribution in [-0.2, 0) is 0 Å². The molecule has 1 aromatic heterocycles. The number of halogens is 1. The van der Waals surface area contributed by atoms with Crippen molar-refractivity contribution in [1.29, 1.82) is 0 Å². The highest BCUT2D eigenvalue weighted by Crippen LogP contribution is 2.21. The molecule has 15 heavy (non-hydrogen) atoms. The maximum absolute atomic E-state index is 5.94. The minimum Gasteiger partial charge on any atom is -0.187 e. The van der Waals surface area contributed by atoms with Crippen molar-refractivity contribution < 1.29 is 0 Å². The van der Waals surface area contributed by atoms with Crippen LogP contribution in [0.25, 0.3) is 5.69 Å². The molecule has 0 amide bonds. The van der Waals surface area contributed by atoms with E-state index in [1.165, 1.54) is 11.8 Å². The quantitative estimate of drug-likeness (QED) is 0.756. The fraction of sp³-hybridized carbons (Fsp3) is 0.222. The van der Waals surface area contributed by atoms with E-state index in [0.29, 0.717) is 5.02 Å². The van der Waals surface area contributed by atoms with Crippen LogP contribution in [0, 0.1) is 6.92 Å². The Bertz CT molecular complexity index is 483. The van der Waals surface area contributed by atoms with Crippen molar-refractivity contribution in [2.45, 2.75) is 12.1 Å². The van der Waals surface area contributed by atoms with Gasteiger partial charge in [0, 0.05) is 5.02 Å². The second-order valence-electron chi connectivity index (χ2n) is 3.01. The summed E-state index contributed by atoms with van der Waals surface area (Å²) in [6.07, 6.45) is 1.93. The van der Waals surface area contributed by atoms with Gasteiger partial charge in [-0.1, -0.05) is 29.4 Å². The van der Waals surface area contributed by atoms with Crippen LogP contribution in [-0.4, -0.2) is 26.5 Å². The molecule has 0 N–H and O–H groups in total. The molecule has 6 heteroatoms. The molecule has 0 radical (unpaired) electrons. The normalized spacial score (nSPS) is 10.6. The Hall–Kier alpha value is -1.07. The molecule has 78 valence electrons. The average molecular weight is 241 g/mol. The lowest BCUT2D eigenvalue weighted by Crippen LogP contribution is -2.00. The molecule has 0 unspecified atom stereocenters. The van der Waals surface area contributed by atoms with Crippen molar-refractivity contribution in [3.05, 3.63) is 28.8 Å². The largest absolute Gasteiger partial charge is 0.213 e. The molecular weight excluding hydrogens is 232 g/mol. The van der Waals surface area contributed by atoms with Gasteiger partial charge < -0.3 is 0 Å². The Kier molecular flexibility index (Phi) is 2.93. The molecule has 0 bridgehead atoms. The molecule has 0 aliphatic rings. The van der Waals surface area contributed by atoms with E-state index in [0.717, 1.165) is 16.4 Å². The van der Waals surface area contributed by atoms with E-state index in [1.54, 1.807) is 4.68 Å². The summed E-state index contributed by atoms with van der Waals surface area (Å²) in [7, 11) is 0. The van der Waals surface area contributed by atoms with Gasteiger partial charge in [-0.3, -0.25) is 0 Å². The Morgan fingerprint density at radius 1 is 1.40 bits per heavy atom. The van der Waals surface area contributed by atoms with Gasteiger partial charge in [-0.05, 0) is 41.3 Å². The first-order valence-corrected chi connectivity index (χ1v) is 5.91. The van der Waals surface area contributed by atoms with Gasteiger partial charge in [0.1, 0.15) is 0 Å². The third-order valence-corrected chi connectivity index (χ3v) is 2.88. The lowest BCUT2D eigenvalue weighted by molar-refractivity contribution is 0.752. The van der Waals surface area contributed by atoms with Crippen LogP contribution in [0.1, 0.15) is 5.56 Å². The lowest BCUT2D eigenvalue weighted by atomic mass is 10.2. The van der Waals surface area contributed by atoms with E-state index in [-0.39, 0.29) is 0 Å². The summed E-state index contributed by atoms with van der Waals surface area (Å²) in [5.41, 5.74) is 2.00. The van der Waals surface area contributed by atoms with Crippen molar-refractivity contribution in [2.75, 3.05) is 6.26 Å². The summed E-state index contributed by atoms with van der Waals surface area (Å²) in [6, 6.07) is 5.65. The molecule has 2 rings (SSSR count). The van der Waals surface area contributed by atoms with Crippen LogP contribution in [0.4, 0.5) is 0 Å². The highest BCUT2D eigenvalue weighted by Gasteiger charge is 2.09. The molecule has 0 atom stereocenters. The van der Waals surface area contributed by atoms with Gasteiger partial charge in [0.15, 0.2) is 0 Å². The van der Waals surface area contributed by atoms with Crippen LogP contribution in [0.2, 0.25) is 5.02 Å². The number of benzene rings is 1. The number of tetrazole rings is 1. The molecule has 0 aliphatic carbocycles. The highest BCUT2D eigenvalue weighted by molar-refractivity contribution is 7.98. The lowest BCUT2D eigenvalue weighted by Gasteiger charge is -2.06. The second-order valence-corrected chi connectivity index (χ2v) is 4.22. The van der Waals surface area contributed by atoms with E-state index in [2.05, 4.69) is 15.5 Å².